The molecule has 0 radical (unpaired) electrons. The van der Waals surface area contributed by atoms with Crippen LogP contribution in [-0.4, -0.2) is 49.1 Å². The molecule has 0 aromatic carbocycles. The lowest BCUT2D eigenvalue weighted by molar-refractivity contribution is -0.138. The van der Waals surface area contributed by atoms with Crippen molar-refractivity contribution in [2.75, 3.05) is 26.3 Å². The van der Waals surface area contributed by atoms with Crippen LogP contribution in [0, 0.1) is 0 Å². The zero-order valence-electron chi connectivity index (χ0n) is 11.4. The highest BCUT2D eigenvalue weighted by Crippen LogP contribution is 2.03. The molecule has 20 heavy (non-hydrogen) atoms. The molecule has 2 amide bonds. The topological polar surface area (TPSA) is 71.8 Å². The minimum absolute atomic E-state index is 0.0898. The molecular weight excluding hydrogens is 260 g/mol. The van der Waals surface area contributed by atoms with Crippen LogP contribution in [-0.2, 0) is 14.3 Å². The average Bonchev–Trinajstić information content (AvgIpc) is 2.98. The lowest BCUT2D eigenvalue weighted by Crippen LogP contribution is -2.50. The van der Waals surface area contributed by atoms with Gasteiger partial charge in [-0.2, -0.15) is 0 Å². The van der Waals surface area contributed by atoms with Crippen LogP contribution in [0.15, 0.2) is 28.9 Å². The van der Waals surface area contributed by atoms with Crippen molar-refractivity contribution in [2.24, 2.45) is 0 Å². The van der Waals surface area contributed by atoms with E-state index >= 15 is 0 Å². The van der Waals surface area contributed by atoms with Gasteiger partial charge in [-0.25, -0.2) is 0 Å². The Morgan fingerprint density at radius 2 is 2.15 bits per heavy atom. The summed E-state index contributed by atoms with van der Waals surface area (Å²) in [6, 6.07) is 2.93. The second-order valence-electron chi connectivity index (χ2n) is 4.52. The molecular formula is C14H18N2O4. The van der Waals surface area contributed by atoms with Gasteiger partial charge in [0.05, 0.1) is 19.5 Å². The zero-order valence-corrected chi connectivity index (χ0v) is 11.4. The number of nitrogens with zero attached hydrogens (tertiary/aromatic N) is 1. The van der Waals surface area contributed by atoms with Crippen LogP contribution in [0.2, 0.25) is 0 Å². The molecule has 6 heteroatoms. The summed E-state index contributed by atoms with van der Waals surface area (Å²) < 4.78 is 10.3. The van der Waals surface area contributed by atoms with Crippen LogP contribution in [0.1, 0.15) is 12.7 Å². The van der Waals surface area contributed by atoms with Gasteiger partial charge in [0.15, 0.2) is 0 Å². The smallest absolute Gasteiger partial charge is 0.245 e. The maximum atomic E-state index is 12.1. The van der Waals surface area contributed by atoms with Crippen molar-refractivity contribution in [3.8, 4) is 0 Å². The molecule has 0 aliphatic carbocycles. The first-order chi connectivity index (χ1) is 9.66. The van der Waals surface area contributed by atoms with Crippen molar-refractivity contribution < 1.29 is 18.7 Å². The molecule has 1 aromatic rings. The largest absolute Gasteiger partial charge is 0.465 e. The average molecular weight is 278 g/mol. The van der Waals surface area contributed by atoms with Crippen LogP contribution in [0.5, 0.6) is 0 Å². The lowest BCUT2D eigenvalue weighted by Gasteiger charge is -2.29. The molecule has 2 heterocycles. The number of hydrogen-bond donors (Lipinski definition) is 1. The summed E-state index contributed by atoms with van der Waals surface area (Å²) in [7, 11) is 0. The molecule has 0 spiro atoms. The molecule has 1 atom stereocenters. The third-order valence-corrected chi connectivity index (χ3v) is 2.99. The minimum atomic E-state index is -0.554. The van der Waals surface area contributed by atoms with E-state index in [0.29, 0.717) is 32.1 Å². The van der Waals surface area contributed by atoms with Gasteiger partial charge in [-0.05, 0) is 25.1 Å². The molecule has 0 bridgehead atoms. The number of ether oxygens (including phenoxy) is 1. The summed E-state index contributed by atoms with van der Waals surface area (Å²) >= 11 is 0. The Labute approximate surface area is 117 Å². The fourth-order valence-corrected chi connectivity index (χ4v) is 1.92. The van der Waals surface area contributed by atoms with Gasteiger partial charge in [0.2, 0.25) is 11.8 Å². The van der Waals surface area contributed by atoms with Crippen LogP contribution in [0.3, 0.4) is 0 Å². The monoisotopic (exact) mass is 278 g/mol. The fourth-order valence-electron chi connectivity index (χ4n) is 1.92. The molecule has 0 unspecified atom stereocenters. The summed E-state index contributed by atoms with van der Waals surface area (Å²) in [5, 5.41) is 2.64. The van der Waals surface area contributed by atoms with E-state index in [1.165, 1.54) is 12.3 Å². The fraction of sp³-hybridized carbons (Fsp3) is 0.429. The number of carbonyl (C=O) groups is 2. The van der Waals surface area contributed by atoms with E-state index in [4.69, 9.17) is 9.15 Å². The van der Waals surface area contributed by atoms with Gasteiger partial charge in [0, 0.05) is 19.2 Å². The maximum absolute atomic E-state index is 12.1. The SMILES string of the molecule is C[C@@H](NC(=O)/C=C/c1ccco1)C(=O)N1CCOCC1. The number of morpholine rings is 1. The summed E-state index contributed by atoms with van der Waals surface area (Å²) in [6.07, 6.45) is 4.44. The number of carbonyl (C=O) groups excluding carboxylic acids is 2. The Morgan fingerprint density at radius 1 is 1.40 bits per heavy atom. The molecule has 1 aromatic heterocycles. The molecule has 1 N–H and O–H groups in total. The first kappa shape index (κ1) is 14.3. The van der Waals surface area contributed by atoms with Crippen LogP contribution < -0.4 is 5.32 Å². The van der Waals surface area contributed by atoms with E-state index in [2.05, 4.69) is 5.32 Å². The number of rotatable bonds is 4. The predicted octanol–water partition coefficient (Wildman–Crippen LogP) is 0.656. The maximum Gasteiger partial charge on any atom is 0.245 e. The Kier molecular flexibility index (Phi) is 4.95. The van der Waals surface area contributed by atoms with Crippen molar-refractivity contribution in [1.82, 2.24) is 10.2 Å². The van der Waals surface area contributed by atoms with E-state index in [0.717, 1.165) is 0 Å². The Bertz CT molecular complexity index is 475. The van der Waals surface area contributed by atoms with Gasteiger partial charge >= 0.3 is 0 Å². The zero-order chi connectivity index (χ0) is 14.4. The predicted molar refractivity (Wildman–Crippen MR) is 72.7 cm³/mol. The van der Waals surface area contributed by atoms with Crippen molar-refractivity contribution in [3.63, 3.8) is 0 Å². The van der Waals surface area contributed by atoms with Gasteiger partial charge in [-0.1, -0.05) is 0 Å². The molecule has 1 aliphatic rings. The molecule has 0 saturated carbocycles. The molecule has 1 saturated heterocycles. The highest BCUT2D eigenvalue weighted by atomic mass is 16.5. The second-order valence-corrected chi connectivity index (χ2v) is 4.52. The van der Waals surface area contributed by atoms with Gasteiger partial charge < -0.3 is 19.4 Å². The summed E-state index contributed by atoms with van der Waals surface area (Å²) in [4.78, 5) is 25.5. The first-order valence-corrected chi connectivity index (χ1v) is 6.55. The molecule has 108 valence electrons. The minimum Gasteiger partial charge on any atom is -0.465 e. The highest BCUT2D eigenvalue weighted by Gasteiger charge is 2.22. The van der Waals surface area contributed by atoms with Crippen LogP contribution >= 0.6 is 0 Å². The van der Waals surface area contributed by atoms with E-state index in [9.17, 15) is 9.59 Å². The van der Waals surface area contributed by atoms with Gasteiger partial charge in [0.1, 0.15) is 11.8 Å². The third-order valence-electron chi connectivity index (χ3n) is 2.99. The Balaban J connectivity index is 1.82. The van der Waals surface area contributed by atoms with Crippen LogP contribution in [0.4, 0.5) is 0 Å². The molecule has 6 nitrogen and oxygen atoms in total. The number of amides is 2. The van der Waals surface area contributed by atoms with E-state index < -0.39 is 6.04 Å². The highest BCUT2D eigenvalue weighted by molar-refractivity contribution is 5.95. The van der Waals surface area contributed by atoms with Crippen molar-refractivity contribution in [2.45, 2.75) is 13.0 Å². The van der Waals surface area contributed by atoms with Crippen molar-refractivity contribution in [3.05, 3.63) is 30.2 Å². The van der Waals surface area contributed by atoms with Crippen LogP contribution in [0.25, 0.3) is 6.08 Å². The molecule has 2 rings (SSSR count). The number of nitrogens with one attached hydrogen (secondary N) is 1. The first-order valence-electron chi connectivity index (χ1n) is 6.55. The van der Waals surface area contributed by atoms with E-state index in [-0.39, 0.29) is 11.8 Å². The summed E-state index contributed by atoms with van der Waals surface area (Å²) in [6.45, 7) is 3.91. The third kappa shape index (κ3) is 3.96. The van der Waals surface area contributed by atoms with Gasteiger partial charge in [-0.15, -0.1) is 0 Å². The number of hydrogen-bond acceptors (Lipinski definition) is 4. The van der Waals surface area contributed by atoms with Gasteiger partial charge in [0.25, 0.3) is 0 Å². The van der Waals surface area contributed by atoms with E-state index in [1.54, 1.807) is 30.0 Å². The molecule has 1 fully saturated rings. The second kappa shape index (κ2) is 6.91. The number of furan rings is 1. The molecule has 1 aliphatic heterocycles. The summed E-state index contributed by atoms with van der Waals surface area (Å²) in [5.41, 5.74) is 0. The Morgan fingerprint density at radius 3 is 2.80 bits per heavy atom. The quantitative estimate of drug-likeness (QED) is 0.821. The lowest BCUT2D eigenvalue weighted by atomic mass is 10.2. The normalized spacial score (nSPS) is 17.1. The van der Waals surface area contributed by atoms with Gasteiger partial charge in [-0.3, -0.25) is 9.59 Å². The summed E-state index contributed by atoms with van der Waals surface area (Å²) in [5.74, 6) is 0.177. The van der Waals surface area contributed by atoms with Crippen molar-refractivity contribution in [1.29, 1.82) is 0 Å². The standard InChI is InChI=1S/C14H18N2O4/c1-11(14(18)16-6-9-19-10-7-16)15-13(17)5-4-12-3-2-8-20-12/h2-5,8,11H,6-7,9-10H2,1H3,(H,15,17)/b5-4+/t11-/m1/s1. The van der Waals surface area contributed by atoms with Crippen molar-refractivity contribution >= 4 is 17.9 Å². The van der Waals surface area contributed by atoms with E-state index in [1.807, 2.05) is 0 Å². The Hall–Kier alpha value is -2.08.